The summed E-state index contributed by atoms with van der Waals surface area (Å²) in [7, 11) is 1.84. The van der Waals surface area contributed by atoms with Crippen molar-refractivity contribution in [2.24, 2.45) is 35.0 Å². The number of hydrogen-bond donors (Lipinski definition) is 0. The molecule has 0 aromatic rings. The van der Waals surface area contributed by atoms with E-state index in [9.17, 15) is 0 Å². The highest BCUT2D eigenvalue weighted by Gasteiger charge is 2.44. The number of rotatable bonds is 6. The fourth-order valence-electron chi connectivity index (χ4n) is 4.02. The second kappa shape index (κ2) is 7.11. The first kappa shape index (κ1) is 17.8. The van der Waals surface area contributed by atoms with Gasteiger partial charge in [0, 0.05) is 7.11 Å². The van der Waals surface area contributed by atoms with Gasteiger partial charge in [0.25, 0.3) is 0 Å². The Kier molecular flexibility index (Phi) is 6.31. The molecular weight excluding hydrogens is 244 g/mol. The standard InChI is InChI=1S/C19H36O/c1-9-14(4)19(7)11-10-17(13(2)3)18(16(19)6)12-15(5)20-8/h10-11,13-18H,9,12H2,1-8H3/t14-,15?,16-,17?,18-,19-/m0/s1. The smallest absolute Gasteiger partial charge is 0.0546 e. The number of allylic oxidation sites excluding steroid dienone is 2. The lowest BCUT2D eigenvalue weighted by atomic mass is 9.56. The molecule has 0 spiro atoms. The summed E-state index contributed by atoms with van der Waals surface area (Å²) in [5.41, 5.74) is 0.332. The van der Waals surface area contributed by atoms with Gasteiger partial charge in [-0.05, 0) is 48.3 Å². The maximum Gasteiger partial charge on any atom is 0.0546 e. The van der Waals surface area contributed by atoms with Crippen LogP contribution in [0.4, 0.5) is 0 Å². The molecule has 118 valence electrons. The van der Waals surface area contributed by atoms with Gasteiger partial charge in [-0.3, -0.25) is 0 Å². The molecule has 1 nitrogen and oxygen atoms in total. The summed E-state index contributed by atoms with van der Waals surface area (Å²) in [6.45, 7) is 16.6. The van der Waals surface area contributed by atoms with Gasteiger partial charge in [0.1, 0.15) is 0 Å². The molecule has 0 aromatic heterocycles. The molecule has 2 unspecified atom stereocenters. The third-order valence-corrected chi connectivity index (χ3v) is 6.25. The van der Waals surface area contributed by atoms with Gasteiger partial charge in [-0.1, -0.05) is 60.1 Å². The van der Waals surface area contributed by atoms with Crippen LogP contribution >= 0.6 is 0 Å². The van der Waals surface area contributed by atoms with Crippen LogP contribution in [0.3, 0.4) is 0 Å². The Balaban J connectivity index is 3.06. The van der Waals surface area contributed by atoms with E-state index in [0.717, 1.165) is 11.8 Å². The fraction of sp³-hybridized carbons (Fsp3) is 0.895. The van der Waals surface area contributed by atoms with Crippen molar-refractivity contribution >= 4 is 0 Å². The van der Waals surface area contributed by atoms with Crippen LogP contribution in [0.25, 0.3) is 0 Å². The molecule has 0 aliphatic heterocycles. The van der Waals surface area contributed by atoms with Crippen LogP contribution in [0.2, 0.25) is 0 Å². The molecule has 1 heteroatoms. The van der Waals surface area contributed by atoms with Crippen molar-refractivity contribution in [3.05, 3.63) is 12.2 Å². The summed E-state index contributed by atoms with van der Waals surface area (Å²) in [5, 5.41) is 0. The van der Waals surface area contributed by atoms with Gasteiger partial charge in [0.2, 0.25) is 0 Å². The fourth-order valence-corrected chi connectivity index (χ4v) is 4.02. The van der Waals surface area contributed by atoms with Gasteiger partial charge < -0.3 is 4.74 Å². The third-order valence-electron chi connectivity index (χ3n) is 6.25. The summed E-state index contributed by atoms with van der Waals surface area (Å²) < 4.78 is 5.56. The first-order chi connectivity index (χ1) is 9.27. The number of hydrogen-bond acceptors (Lipinski definition) is 1. The van der Waals surface area contributed by atoms with Crippen molar-refractivity contribution in [3.8, 4) is 0 Å². The predicted octanol–water partition coefficient (Wildman–Crippen LogP) is 5.56. The highest BCUT2D eigenvalue weighted by molar-refractivity contribution is 5.12. The van der Waals surface area contributed by atoms with E-state index in [1.165, 1.54) is 12.8 Å². The molecule has 0 saturated heterocycles. The van der Waals surface area contributed by atoms with Crippen LogP contribution in [-0.2, 0) is 4.74 Å². The average molecular weight is 280 g/mol. The largest absolute Gasteiger partial charge is 0.382 e. The summed E-state index contributed by atoms with van der Waals surface area (Å²) in [5.74, 6) is 3.59. The van der Waals surface area contributed by atoms with E-state index in [4.69, 9.17) is 4.74 Å². The Morgan fingerprint density at radius 2 is 1.80 bits per heavy atom. The van der Waals surface area contributed by atoms with Gasteiger partial charge >= 0.3 is 0 Å². The van der Waals surface area contributed by atoms with E-state index in [-0.39, 0.29) is 0 Å². The van der Waals surface area contributed by atoms with Gasteiger partial charge in [0.05, 0.1) is 6.10 Å². The molecule has 6 atom stereocenters. The van der Waals surface area contributed by atoms with Crippen LogP contribution < -0.4 is 0 Å². The zero-order chi connectivity index (χ0) is 15.5. The molecule has 0 saturated carbocycles. The van der Waals surface area contributed by atoms with Crippen molar-refractivity contribution in [1.29, 1.82) is 0 Å². The first-order valence-corrected chi connectivity index (χ1v) is 8.50. The Hall–Kier alpha value is -0.300. The lowest BCUT2D eigenvalue weighted by molar-refractivity contribution is 0.0191. The van der Waals surface area contributed by atoms with Gasteiger partial charge in [-0.2, -0.15) is 0 Å². The van der Waals surface area contributed by atoms with Crippen LogP contribution in [0.1, 0.15) is 61.3 Å². The molecule has 0 radical (unpaired) electrons. The molecule has 1 aliphatic rings. The minimum Gasteiger partial charge on any atom is -0.382 e. The Morgan fingerprint density at radius 3 is 2.25 bits per heavy atom. The van der Waals surface area contributed by atoms with Crippen molar-refractivity contribution in [2.45, 2.75) is 67.4 Å². The summed E-state index contributed by atoms with van der Waals surface area (Å²) in [6, 6.07) is 0. The molecule has 1 rings (SSSR count). The van der Waals surface area contributed by atoms with Crippen LogP contribution in [0.15, 0.2) is 12.2 Å². The summed E-state index contributed by atoms with van der Waals surface area (Å²) >= 11 is 0. The lowest BCUT2D eigenvalue weighted by Gasteiger charge is -2.49. The maximum absolute atomic E-state index is 5.56. The molecule has 0 heterocycles. The Labute approximate surface area is 127 Å². The van der Waals surface area contributed by atoms with Crippen LogP contribution in [-0.4, -0.2) is 13.2 Å². The van der Waals surface area contributed by atoms with Gasteiger partial charge in [-0.25, -0.2) is 0 Å². The number of methoxy groups -OCH3 is 1. The van der Waals surface area contributed by atoms with E-state index in [1.807, 2.05) is 7.11 Å². The molecule has 0 N–H and O–H groups in total. The normalized spacial score (nSPS) is 37.1. The Morgan fingerprint density at radius 1 is 1.20 bits per heavy atom. The Bertz CT molecular complexity index is 320. The number of ether oxygens (including phenoxy) is 1. The van der Waals surface area contributed by atoms with Crippen molar-refractivity contribution in [2.75, 3.05) is 7.11 Å². The zero-order valence-corrected chi connectivity index (χ0v) is 14.9. The minimum absolute atomic E-state index is 0.332. The summed E-state index contributed by atoms with van der Waals surface area (Å²) in [4.78, 5) is 0. The minimum atomic E-state index is 0.332. The van der Waals surface area contributed by atoms with Crippen molar-refractivity contribution in [1.82, 2.24) is 0 Å². The van der Waals surface area contributed by atoms with Gasteiger partial charge in [0.15, 0.2) is 0 Å². The average Bonchev–Trinajstić information content (AvgIpc) is 2.42. The zero-order valence-electron chi connectivity index (χ0n) is 14.9. The molecule has 0 fully saturated rings. The quantitative estimate of drug-likeness (QED) is 0.579. The second-order valence-electron chi connectivity index (χ2n) is 7.59. The monoisotopic (exact) mass is 280 g/mol. The molecule has 0 bridgehead atoms. The maximum atomic E-state index is 5.56. The summed E-state index contributed by atoms with van der Waals surface area (Å²) in [6.07, 6.45) is 7.84. The third kappa shape index (κ3) is 3.47. The molecular formula is C19H36O. The van der Waals surface area contributed by atoms with E-state index in [2.05, 4.69) is 60.6 Å². The van der Waals surface area contributed by atoms with Crippen LogP contribution in [0, 0.1) is 35.0 Å². The van der Waals surface area contributed by atoms with Gasteiger partial charge in [-0.15, -0.1) is 0 Å². The SMILES string of the molecule is CC[C@H](C)[C@]1(C)C=CC(C(C)C)[C@@H](CC(C)OC)[C@@H]1C. The molecule has 0 amide bonds. The van der Waals surface area contributed by atoms with Crippen molar-refractivity contribution in [3.63, 3.8) is 0 Å². The van der Waals surface area contributed by atoms with E-state index in [1.54, 1.807) is 0 Å². The highest BCUT2D eigenvalue weighted by atomic mass is 16.5. The highest BCUT2D eigenvalue weighted by Crippen LogP contribution is 2.50. The molecule has 1 aliphatic carbocycles. The van der Waals surface area contributed by atoms with E-state index < -0.39 is 0 Å². The van der Waals surface area contributed by atoms with E-state index in [0.29, 0.717) is 29.3 Å². The molecule has 20 heavy (non-hydrogen) atoms. The van der Waals surface area contributed by atoms with Crippen molar-refractivity contribution < 1.29 is 4.74 Å². The lowest BCUT2D eigenvalue weighted by Crippen LogP contribution is -2.43. The first-order valence-electron chi connectivity index (χ1n) is 8.50. The van der Waals surface area contributed by atoms with E-state index >= 15 is 0 Å². The predicted molar refractivity (Wildman–Crippen MR) is 88.8 cm³/mol. The second-order valence-corrected chi connectivity index (χ2v) is 7.59. The topological polar surface area (TPSA) is 9.23 Å². The molecule has 0 aromatic carbocycles. The van der Waals surface area contributed by atoms with Crippen LogP contribution in [0.5, 0.6) is 0 Å².